The molecule has 1 amide bonds. The van der Waals surface area contributed by atoms with Crippen molar-refractivity contribution < 1.29 is 88.9 Å². The Morgan fingerprint density at radius 3 is 1.39 bits per heavy atom. The first-order chi connectivity index (χ1) is 14.1. The van der Waals surface area contributed by atoms with E-state index in [1.165, 1.54) is 4.74 Å². The molecule has 0 rings (SSSR count). The maximum Gasteiger partial charge on any atom is 0.462 e. The fraction of sp³-hybridized carbons (Fsp3) is 0.750. The Morgan fingerprint density at radius 2 is 1.09 bits per heavy atom. The molecule has 0 bridgehead atoms. The van der Waals surface area contributed by atoms with E-state index in [-0.39, 0.29) is 0 Å². The number of hydrogen-bond acceptors (Lipinski definition) is 3. The Morgan fingerprint density at radius 1 is 0.667 bits per heavy atom. The van der Waals surface area contributed by atoms with Crippen molar-refractivity contribution in [3.63, 3.8) is 0 Å². The van der Waals surface area contributed by atoms with Crippen molar-refractivity contribution in [3.8, 4) is 0 Å². The number of amides is 1. The average Bonchev–Trinajstić information content (AvgIpc) is 2.55. The van der Waals surface area contributed by atoms with Gasteiger partial charge in [-0.2, -0.15) is 74.6 Å². The maximum absolute atomic E-state index is 13.9. The zero-order valence-corrected chi connectivity index (χ0v) is 14.6. The minimum atomic E-state index is -8.03. The van der Waals surface area contributed by atoms with Crippen molar-refractivity contribution in [2.75, 3.05) is 6.54 Å². The molecule has 0 spiro atoms. The molecule has 0 aromatic heterocycles. The Hall–Kier alpha value is -2.06. The lowest BCUT2D eigenvalue weighted by Gasteiger charge is -2.40. The molecule has 0 unspecified atom stereocenters. The van der Waals surface area contributed by atoms with Gasteiger partial charge in [0.05, 0.1) is 0 Å². The van der Waals surface area contributed by atoms with Crippen molar-refractivity contribution >= 4 is 5.91 Å². The number of ether oxygens (including phenoxy) is 2. The van der Waals surface area contributed by atoms with E-state index in [2.05, 4.69) is 6.58 Å². The van der Waals surface area contributed by atoms with Crippen LogP contribution in [0.3, 0.4) is 0 Å². The molecule has 1 N–H and O–H groups in total. The Labute approximate surface area is 169 Å². The topological polar surface area (TPSA) is 47.6 Å². The predicted molar refractivity (Wildman–Crippen MR) is 66.1 cm³/mol. The number of carbonyl (C=O) groups is 1. The van der Waals surface area contributed by atoms with Crippen LogP contribution in [0.5, 0.6) is 0 Å². The Kier molecular flexibility index (Phi) is 8.08. The third kappa shape index (κ3) is 5.54. The van der Waals surface area contributed by atoms with Crippen LogP contribution in [0, 0.1) is 0 Å². The number of alkyl halides is 17. The highest BCUT2D eigenvalue weighted by Gasteiger charge is 2.85. The van der Waals surface area contributed by atoms with Crippen molar-refractivity contribution in [1.82, 2.24) is 5.32 Å². The van der Waals surface area contributed by atoms with Crippen LogP contribution in [0.4, 0.5) is 74.6 Å². The second-order valence-electron chi connectivity index (χ2n) is 5.49. The van der Waals surface area contributed by atoms with Crippen LogP contribution in [0.2, 0.25) is 0 Å². The van der Waals surface area contributed by atoms with E-state index in [0.717, 1.165) is 0 Å². The zero-order chi connectivity index (χ0) is 27.1. The Bertz CT molecular complexity index is 726. The summed E-state index contributed by atoms with van der Waals surface area (Å²) in [7, 11) is 0. The van der Waals surface area contributed by atoms with Crippen molar-refractivity contribution in [2.45, 2.75) is 48.4 Å². The molecule has 0 aliphatic heterocycles. The summed E-state index contributed by atoms with van der Waals surface area (Å²) in [4.78, 5) is 11.1. The molecule has 0 radical (unpaired) electrons. The third-order valence-corrected chi connectivity index (χ3v) is 3.06. The normalized spacial score (nSPS) is 18.3. The highest BCUT2D eigenvalue weighted by atomic mass is 19.4. The smallest absolute Gasteiger partial charge is 0.347 e. The van der Waals surface area contributed by atoms with Crippen LogP contribution in [-0.4, -0.2) is 60.8 Å². The summed E-state index contributed by atoms with van der Waals surface area (Å²) in [5.41, 5.74) is 0. The summed E-state index contributed by atoms with van der Waals surface area (Å²) in [6.45, 7) is 1.48. The van der Waals surface area contributed by atoms with Crippen LogP contribution in [0.15, 0.2) is 12.7 Å². The molecule has 2 atom stereocenters. The first-order valence-electron chi connectivity index (χ1n) is 7.15. The van der Waals surface area contributed by atoms with Gasteiger partial charge < -0.3 is 5.32 Å². The lowest BCUT2D eigenvalue weighted by molar-refractivity contribution is -0.548. The standard InChI is InChI=1S/C12H6F17NO3/c1-2-3-30-4(31)5(13,8(17,18)19)32-12(28,29)7(16,10(23,24)25)33-11(26,27)6(14,15)9(20,21)22/h2H,1,3H2,(H,30,31)/t5-,7+/m0/s1. The molecule has 196 valence electrons. The largest absolute Gasteiger partial charge is 0.462 e. The second-order valence-corrected chi connectivity index (χ2v) is 5.49. The molecule has 0 fully saturated rings. The van der Waals surface area contributed by atoms with Crippen molar-refractivity contribution in [2.24, 2.45) is 0 Å². The van der Waals surface area contributed by atoms with Crippen LogP contribution >= 0.6 is 0 Å². The Balaban J connectivity index is 6.70. The molecule has 21 heteroatoms. The first kappa shape index (κ1) is 30.9. The van der Waals surface area contributed by atoms with Crippen LogP contribution in [0.25, 0.3) is 0 Å². The predicted octanol–water partition coefficient (Wildman–Crippen LogP) is 5.16. The molecule has 0 aromatic carbocycles. The van der Waals surface area contributed by atoms with Crippen LogP contribution in [-0.2, 0) is 14.3 Å². The first-order valence-corrected chi connectivity index (χ1v) is 7.15. The highest BCUT2D eigenvalue weighted by molar-refractivity contribution is 5.84. The van der Waals surface area contributed by atoms with E-state index in [1.54, 1.807) is 0 Å². The van der Waals surface area contributed by atoms with E-state index in [4.69, 9.17) is 0 Å². The molecule has 0 aliphatic rings. The van der Waals surface area contributed by atoms with Gasteiger partial charge in [-0.25, -0.2) is 0 Å². The summed E-state index contributed by atoms with van der Waals surface area (Å²) >= 11 is 0. The summed E-state index contributed by atoms with van der Waals surface area (Å²) in [5, 5.41) is 0.713. The van der Waals surface area contributed by atoms with Crippen molar-refractivity contribution in [3.05, 3.63) is 12.7 Å². The van der Waals surface area contributed by atoms with E-state index in [0.29, 0.717) is 11.4 Å². The summed E-state index contributed by atoms with van der Waals surface area (Å²) in [6.07, 6.45) is -38.0. The maximum atomic E-state index is 13.9. The molecule has 0 saturated heterocycles. The van der Waals surface area contributed by atoms with Gasteiger partial charge in [0.1, 0.15) is 0 Å². The monoisotopic (exact) mass is 535 g/mol. The fourth-order valence-electron chi connectivity index (χ4n) is 1.44. The number of hydrogen-bond donors (Lipinski definition) is 1. The molecule has 0 aromatic rings. The fourth-order valence-corrected chi connectivity index (χ4v) is 1.44. The molecule has 0 saturated carbocycles. The van der Waals surface area contributed by atoms with Gasteiger partial charge in [0, 0.05) is 6.54 Å². The van der Waals surface area contributed by atoms with Gasteiger partial charge in [-0.05, 0) is 0 Å². The molecule has 0 aliphatic carbocycles. The zero-order valence-electron chi connectivity index (χ0n) is 14.6. The van der Waals surface area contributed by atoms with Crippen molar-refractivity contribution in [1.29, 1.82) is 0 Å². The van der Waals surface area contributed by atoms with Gasteiger partial charge >= 0.3 is 48.4 Å². The summed E-state index contributed by atoms with van der Waals surface area (Å²) < 4.78 is 221. The SMILES string of the molecule is C=CCNC(=O)[C@](F)(OC(F)(F)[C@](F)(OC(F)(F)C(F)(F)C(F)(F)F)C(F)(F)F)C(F)(F)F. The third-order valence-electron chi connectivity index (χ3n) is 3.06. The molecule has 0 heterocycles. The molecular formula is C12H6F17NO3. The number of carbonyl (C=O) groups excluding carboxylic acids is 1. The lowest BCUT2D eigenvalue weighted by Crippen LogP contribution is -2.68. The van der Waals surface area contributed by atoms with Gasteiger partial charge in [-0.1, -0.05) is 6.08 Å². The van der Waals surface area contributed by atoms with E-state index >= 15 is 0 Å². The number of halogens is 17. The summed E-state index contributed by atoms with van der Waals surface area (Å²) in [5.74, 6) is -26.1. The number of nitrogens with one attached hydrogen (secondary N) is 1. The van der Waals surface area contributed by atoms with E-state index < -0.39 is 60.8 Å². The van der Waals surface area contributed by atoms with Crippen LogP contribution < -0.4 is 5.32 Å². The van der Waals surface area contributed by atoms with Gasteiger partial charge in [-0.15, -0.1) is 6.58 Å². The van der Waals surface area contributed by atoms with Gasteiger partial charge in [-0.3, -0.25) is 14.3 Å². The molecule has 33 heavy (non-hydrogen) atoms. The summed E-state index contributed by atoms with van der Waals surface area (Å²) in [6, 6.07) is 0. The minimum Gasteiger partial charge on any atom is -0.347 e. The number of rotatable bonds is 9. The van der Waals surface area contributed by atoms with Gasteiger partial charge in [0.2, 0.25) is 0 Å². The van der Waals surface area contributed by atoms with Crippen LogP contribution in [0.1, 0.15) is 0 Å². The highest BCUT2D eigenvalue weighted by Crippen LogP contribution is 2.56. The van der Waals surface area contributed by atoms with Gasteiger partial charge in [0.15, 0.2) is 0 Å². The lowest BCUT2D eigenvalue weighted by atomic mass is 10.2. The minimum absolute atomic E-state index is 0.422. The van der Waals surface area contributed by atoms with E-state index in [1.807, 2.05) is 4.74 Å². The van der Waals surface area contributed by atoms with E-state index in [9.17, 15) is 79.4 Å². The quantitative estimate of drug-likeness (QED) is 0.328. The second kappa shape index (κ2) is 8.62. The molecule has 4 nitrogen and oxygen atoms in total. The average molecular weight is 535 g/mol. The molecular weight excluding hydrogens is 529 g/mol. The van der Waals surface area contributed by atoms with Gasteiger partial charge in [0.25, 0.3) is 5.91 Å².